The van der Waals surface area contributed by atoms with E-state index in [1.807, 2.05) is 0 Å². The Morgan fingerprint density at radius 1 is 1.28 bits per heavy atom. The summed E-state index contributed by atoms with van der Waals surface area (Å²) in [6.07, 6.45) is -3.67. The fourth-order valence-corrected chi connectivity index (χ4v) is 1.58. The van der Waals surface area contributed by atoms with E-state index in [9.17, 15) is 21.6 Å². The SMILES string of the molecule is COc1cc(COS(C)(=O)=O)ccc1C(F)(F)F. The van der Waals surface area contributed by atoms with Crippen molar-refractivity contribution in [3.63, 3.8) is 0 Å². The minimum atomic E-state index is -4.53. The molecule has 0 unspecified atom stereocenters. The van der Waals surface area contributed by atoms with E-state index in [-0.39, 0.29) is 17.9 Å². The number of ether oxygens (including phenoxy) is 1. The van der Waals surface area contributed by atoms with E-state index in [2.05, 4.69) is 8.92 Å². The van der Waals surface area contributed by atoms with Gasteiger partial charge in [-0.2, -0.15) is 21.6 Å². The lowest BCUT2D eigenvalue weighted by atomic mass is 10.1. The molecule has 0 bridgehead atoms. The monoisotopic (exact) mass is 284 g/mol. The van der Waals surface area contributed by atoms with Crippen molar-refractivity contribution in [1.82, 2.24) is 0 Å². The average Bonchev–Trinajstić information content (AvgIpc) is 2.23. The van der Waals surface area contributed by atoms with E-state index in [0.717, 1.165) is 31.6 Å². The van der Waals surface area contributed by atoms with Crippen LogP contribution in [0.3, 0.4) is 0 Å². The Bertz CT molecular complexity index is 522. The predicted octanol–water partition coefficient (Wildman–Crippen LogP) is 2.19. The molecule has 0 fully saturated rings. The Balaban J connectivity index is 2.99. The summed E-state index contributed by atoms with van der Waals surface area (Å²) in [5.41, 5.74) is -0.654. The second-order valence-electron chi connectivity index (χ2n) is 3.50. The third kappa shape index (κ3) is 4.19. The Hall–Kier alpha value is -1.28. The molecule has 18 heavy (non-hydrogen) atoms. The number of benzene rings is 1. The predicted molar refractivity (Wildman–Crippen MR) is 57.6 cm³/mol. The van der Waals surface area contributed by atoms with Crippen LogP contribution in [0.25, 0.3) is 0 Å². The van der Waals surface area contributed by atoms with Gasteiger partial charge in [-0.05, 0) is 17.7 Å². The highest BCUT2D eigenvalue weighted by Gasteiger charge is 2.34. The third-order valence-electron chi connectivity index (χ3n) is 2.01. The highest BCUT2D eigenvalue weighted by atomic mass is 32.2. The minimum absolute atomic E-state index is 0.269. The first-order valence-electron chi connectivity index (χ1n) is 4.72. The summed E-state index contributed by atoms with van der Waals surface area (Å²) >= 11 is 0. The van der Waals surface area contributed by atoms with Gasteiger partial charge in [0.25, 0.3) is 10.1 Å². The number of alkyl halides is 3. The molecule has 0 aliphatic heterocycles. The van der Waals surface area contributed by atoms with Gasteiger partial charge in [-0.15, -0.1) is 0 Å². The van der Waals surface area contributed by atoms with Crippen molar-refractivity contribution in [1.29, 1.82) is 0 Å². The molecule has 0 atom stereocenters. The lowest BCUT2D eigenvalue weighted by molar-refractivity contribution is -0.138. The van der Waals surface area contributed by atoms with Crippen molar-refractivity contribution in [2.24, 2.45) is 0 Å². The first kappa shape index (κ1) is 14.8. The number of hydrogen-bond acceptors (Lipinski definition) is 4. The quantitative estimate of drug-likeness (QED) is 0.795. The lowest BCUT2D eigenvalue weighted by Crippen LogP contribution is -2.08. The van der Waals surface area contributed by atoms with E-state index in [1.54, 1.807) is 0 Å². The summed E-state index contributed by atoms with van der Waals surface area (Å²) in [5, 5.41) is 0. The fraction of sp³-hybridized carbons (Fsp3) is 0.400. The summed E-state index contributed by atoms with van der Waals surface area (Å²) in [6, 6.07) is 3.05. The maximum absolute atomic E-state index is 12.5. The van der Waals surface area contributed by atoms with Gasteiger partial charge in [-0.1, -0.05) is 6.07 Å². The van der Waals surface area contributed by atoms with Gasteiger partial charge >= 0.3 is 6.18 Å². The molecule has 0 saturated heterocycles. The third-order valence-corrected chi connectivity index (χ3v) is 2.56. The summed E-state index contributed by atoms with van der Waals surface area (Å²) in [6.45, 7) is -0.340. The molecule has 102 valence electrons. The molecule has 8 heteroatoms. The van der Waals surface area contributed by atoms with Crippen LogP contribution in [0.2, 0.25) is 0 Å². The summed E-state index contributed by atoms with van der Waals surface area (Å²) < 4.78 is 68.2. The second kappa shape index (κ2) is 5.15. The normalized spacial score (nSPS) is 12.5. The van der Waals surface area contributed by atoms with E-state index in [1.165, 1.54) is 0 Å². The molecule has 1 aromatic rings. The van der Waals surface area contributed by atoms with Crippen molar-refractivity contribution in [2.75, 3.05) is 13.4 Å². The maximum atomic E-state index is 12.5. The highest BCUT2D eigenvalue weighted by Crippen LogP contribution is 2.36. The first-order chi connectivity index (χ1) is 8.13. The topological polar surface area (TPSA) is 52.6 Å². The van der Waals surface area contributed by atoms with E-state index in [0.29, 0.717) is 0 Å². The summed E-state index contributed by atoms with van der Waals surface area (Å²) in [4.78, 5) is 0. The molecule has 0 amide bonds. The average molecular weight is 284 g/mol. The zero-order valence-corrected chi connectivity index (χ0v) is 10.4. The van der Waals surface area contributed by atoms with Crippen molar-refractivity contribution < 1.29 is 30.5 Å². The van der Waals surface area contributed by atoms with Gasteiger partial charge < -0.3 is 4.74 Å². The lowest BCUT2D eigenvalue weighted by Gasteiger charge is -2.13. The van der Waals surface area contributed by atoms with Gasteiger partial charge in [-0.25, -0.2) is 0 Å². The highest BCUT2D eigenvalue weighted by molar-refractivity contribution is 7.85. The zero-order chi connectivity index (χ0) is 14.0. The zero-order valence-electron chi connectivity index (χ0n) is 9.61. The molecule has 0 heterocycles. The van der Waals surface area contributed by atoms with Crippen molar-refractivity contribution in [2.45, 2.75) is 12.8 Å². The molecule has 4 nitrogen and oxygen atoms in total. The maximum Gasteiger partial charge on any atom is 0.419 e. The molecule has 0 aliphatic rings. The molecule has 0 saturated carbocycles. The number of rotatable bonds is 4. The van der Waals surface area contributed by atoms with Crippen LogP contribution in [-0.4, -0.2) is 21.8 Å². The van der Waals surface area contributed by atoms with Gasteiger partial charge in [0.05, 0.1) is 25.5 Å². The molecule has 1 rings (SSSR count). The Labute approximate surface area is 102 Å². The molecule has 0 aliphatic carbocycles. The fourth-order valence-electron chi connectivity index (χ4n) is 1.23. The molecular weight excluding hydrogens is 273 g/mol. The van der Waals surface area contributed by atoms with Crippen LogP contribution in [-0.2, 0) is 27.1 Å². The van der Waals surface area contributed by atoms with Crippen LogP contribution >= 0.6 is 0 Å². The molecule has 0 N–H and O–H groups in total. The Morgan fingerprint density at radius 2 is 1.89 bits per heavy atom. The molecule has 0 aromatic heterocycles. The first-order valence-corrected chi connectivity index (χ1v) is 6.53. The number of hydrogen-bond donors (Lipinski definition) is 0. The smallest absolute Gasteiger partial charge is 0.419 e. The van der Waals surface area contributed by atoms with Gasteiger partial charge in [0.2, 0.25) is 0 Å². The second-order valence-corrected chi connectivity index (χ2v) is 5.14. The van der Waals surface area contributed by atoms with Crippen LogP contribution in [0.5, 0.6) is 5.75 Å². The van der Waals surface area contributed by atoms with E-state index in [4.69, 9.17) is 0 Å². The van der Waals surface area contributed by atoms with E-state index < -0.39 is 21.9 Å². The van der Waals surface area contributed by atoms with Crippen LogP contribution in [0.1, 0.15) is 11.1 Å². The van der Waals surface area contributed by atoms with Crippen LogP contribution in [0, 0.1) is 0 Å². The van der Waals surface area contributed by atoms with Crippen LogP contribution < -0.4 is 4.74 Å². The van der Waals surface area contributed by atoms with Gasteiger partial charge in [-0.3, -0.25) is 4.18 Å². The van der Waals surface area contributed by atoms with Crippen LogP contribution in [0.15, 0.2) is 18.2 Å². The van der Waals surface area contributed by atoms with Crippen molar-refractivity contribution >= 4 is 10.1 Å². The van der Waals surface area contributed by atoms with Gasteiger partial charge in [0, 0.05) is 0 Å². The van der Waals surface area contributed by atoms with Crippen molar-refractivity contribution in [3.8, 4) is 5.75 Å². The van der Waals surface area contributed by atoms with E-state index >= 15 is 0 Å². The van der Waals surface area contributed by atoms with Crippen LogP contribution in [0.4, 0.5) is 13.2 Å². The number of methoxy groups -OCH3 is 1. The van der Waals surface area contributed by atoms with Gasteiger partial charge in [0.15, 0.2) is 0 Å². The minimum Gasteiger partial charge on any atom is -0.496 e. The Kier molecular flexibility index (Phi) is 4.23. The Morgan fingerprint density at radius 3 is 2.33 bits per heavy atom. The van der Waals surface area contributed by atoms with Gasteiger partial charge in [0.1, 0.15) is 5.75 Å². The molecular formula is C10H11F3O4S. The summed E-state index contributed by atoms with van der Waals surface area (Å²) in [7, 11) is -2.54. The molecule has 0 radical (unpaired) electrons. The van der Waals surface area contributed by atoms with Crippen molar-refractivity contribution in [3.05, 3.63) is 29.3 Å². The summed E-state index contributed by atoms with van der Waals surface area (Å²) in [5.74, 6) is -0.378. The standard InChI is InChI=1S/C10H11F3O4S/c1-16-9-5-7(6-17-18(2,14)15)3-4-8(9)10(11,12)13/h3-5H,6H2,1-2H3. The largest absolute Gasteiger partial charge is 0.496 e. The molecule has 0 spiro atoms. The number of halogens is 3. The molecule has 1 aromatic carbocycles.